The normalized spacial score (nSPS) is 16.7. The van der Waals surface area contributed by atoms with Crippen molar-refractivity contribution in [3.8, 4) is 23.0 Å². The highest BCUT2D eigenvalue weighted by molar-refractivity contribution is 7.08. The standard InChI is InChI=1S/C21H22N4O4S/c26-19(22-10-14-1-2-17-18(9-14)28-13-27-17)11-25-6-3-15(4-7-25)20-23-24-21(29-20)16-5-8-30-12-16/h1-2,5,8-9,12,15H,3-4,6-7,10-11,13H2,(H,22,26). The fraction of sp³-hybridized carbons (Fsp3) is 0.381. The van der Waals surface area contributed by atoms with E-state index in [1.165, 1.54) is 0 Å². The molecule has 2 aliphatic heterocycles. The first-order valence-electron chi connectivity index (χ1n) is 9.98. The van der Waals surface area contributed by atoms with E-state index in [0.29, 0.717) is 24.9 Å². The van der Waals surface area contributed by atoms with Gasteiger partial charge in [-0.1, -0.05) is 6.07 Å². The molecule has 0 atom stereocenters. The molecule has 0 spiro atoms. The van der Waals surface area contributed by atoms with Crippen LogP contribution in [-0.2, 0) is 11.3 Å². The zero-order valence-electron chi connectivity index (χ0n) is 16.4. The summed E-state index contributed by atoms with van der Waals surface area (Å²) in [5, 5.41) is 15.4. The second-order valence-corrected chi connectivity index (χ2v) is 8.25. The molecule has 1 saturated heterocycles. The first-order valence-corrected chi connectivity index (χ1v) is 10.9. The molecule has 3 aromatic rings. The summed E-state index contributed by atoms with van der Waals surface area (Å²) in [4.78, 5) is 14.5. The smallest absolute Gasteiger partial charge is 0.248 e. The maximum Gasteiger partial charge on any atom is 0.248 e. The Hall–Kier alpha value is -2.91. The minimum Gasteiger partial charge on any atom is -0.454 e. The number of carbonyl (C=O) groups is 1. The molecule has 1 amide bonds. The second kappa shape index (κ2) is 8.45. The lowest BCUT2D eigenvalue weighted by Gasteiger charge is -2.29. The molecule has 156 valence electrons. The summed E-state index contributed by atoms with van der Waals surface area (Å²) in [6, 6.07) is 7.69. The number of nitrogens with one attached hydrogen (secondary N) is 1. The number of benzene rings is 1. The van der Waals surface area contributed by atoms with Crippen molar-refractivity contribution in [3.63, 3.8) is 0 Å². The molecule has 5 rings (SSSR count). The molecule has 30 heavy (non-hydrogen) atoms. The van der Waals surface area contributed by atoms with Crippen LogP contribution in [0.1, 0.15) is 30.2 Å². The van der Waals surface area contributed by atoms with E-state index in [-0.39, 0.29) is 18.6 Å². The largest absolute Gasteiger partial charge is 0.454 e. The number of thiophene rings is 1. The molecule has 1 fully saturated rings. The summed E-state index contributed by atoms with van der Waals surface area (Å²) in [6.45, 7) is 2.77. The lowest BCUT2D eigenvalue weighted by molar-refractivity contribution is -0.122. The van der Waals surface area contributed by atoms with Gasteiger partial charge in [0, 0.05) is 23.4 Å². The van der Waals surface area contributed by atoms with Crippen molar-refractivity contribution in [2.75, 3.05) is 26.4 Å². The zero-order valence-corrected chi connectivity index (χ0v) is 17.2. The summed E-state index contributed by atoms with van der Waals surface area (Å²) >= 11 is 1.61. The van der Waals surface area contributed by atoms with Gasteiger partial charge >= 0.3 is 0 Å². The molecule has 1 N–H and O–H groups in total. The number of fused-ring (bicyclic) bond motifs is 1. The van der Waals surface area contributed by atoms with E-state index in [0.717, 1.165) is 48.6 Å². The third kappa shape index (κ3) is 4.17. The first kappa shape index (κ1) is 19.1. The van der Waals surface area contributed by atoms with Gasteiger partial charge in [-0.3, -0.25) is 9.69 Å². The lowest BCUT2D eigenvalue weighted by Crippen LogP contribution is -2.41. The van der Waals surface area contributed by atoms with Crippen molar-refractivity contribution in [2.45, 2.75) is 25.3 Å². The van der Waals surface area contributed by atoms with E-state index in [4.69, 9.17) is 13.9 Å². The van der Waals surface area contributed by atoms with Gasteiger partial charge in [0.25, 0.3) is 0 Å². The van der Waals surface area contributed by atoms with Gasteiger partial charge in [0.05, 0.1) is 6.54 Å². The topological polar surface area (TPSA) is 89.7 Å². The van der Waals surface area contributed by atoms with Crippen LogP contribution in [0.25, 0.3) is 11.5 Å². The van der Waals surface area contributed by atoms with Gasteiger partial charge in [0.2, 0.25) is 24.5 Å². The van der Waals surface area contributed by atoms with Crippen LogP contribution < -0.4 is 14.8 Å². The summed E-state index contributed by atoms with van der Waals surface area (Å²) in [5.74, 6) is 3.02. The molecule has 0 radical (unpaired) electrons. The molecule has 0 saturated carbocycles. The number of likely N-dealkylation sites (tertiary alicyclic amines) is 1. The van der Waals surface area contributed by atoms with Crippen LogP contribution in [0.2, 0.25) is 0 Å². The van der Waals surface area contributed by atoms with Gasteiger partial charge in [0.15, 0.2) is 11.5 Å². The summed E-state index contributed by atoms with van der Waals surface area (Å²) in [7, 11) is 0. The van der Waals surface area contributed by atoms with Crippen LogP contribution in [0.15, 0.2) is 39.4 Å². The van der Waals surface area contributed by atoms with Crippen LogP contribution in [0.4, 0.5) is 0 Å². The molecular weight excluding hydrogens is 404 g/mol. The highest BCUT2D eigenvalue weighted by atomic mass is 32.1. The number of hydrogen-bond donors (Lipinski definition) is 1. The Kier molecular flexibility index (Phi) is 5.37. The third-order valence-corrected chi connectivity index (χ3v) is 6.12. The number of hydrogen-bond acceptors (Lipinski definition) is 8. The van der Waals surface area contributed by atoms with Crippen LogP contribution in [0, 0.1) is 0 Å². The van der Waals surface area contributed by atoms with Crippen molar-refractivity contribution in [2.24, 2.45) is 0 Å². The van der Waals surface area contributed by atoms with Gasteiger partial charge in [-0.15, -0.1) is 10.2 Å². The summed E-state index contributed by atoms with van der Waals surface area (Å²) in [5.41, 5.74) is 1.96. The van der Waals surface area contributed by atoms with E-state index < -0.39 is 0 Å². The number of piperidine rings is 1. The Labute approximate surface area is 177 Å². The molecule has 0 aliphatic carbocycles. The Bertz CT molecular complexity index is 1010. The van der Waals surface area contributed by atoms with Crippen molar-refractivity contribution in [1.82, 2.24) is 20.4 Å². The Morgan fingerprint density at radius 2 is 2.03 bits per heavy atom. The number of carbonyl (C=O) groups excluding carboxylic acids is 1. The number of nitrogens with zero attached hydrogens (tertiary/aromatic N) is 3. The Balaban J connectivity index is 1.08. The van der Waals surface area contributed by atoms with Crippen molar-refractivity contribution < 1.29 is 18.7 Å². The minimum atomic E-state index is 0.0173. The van der Waals surface area contributed by atoms with E-state index in [1.54, 1.807) is 11.3 Å². The minimum absolute atomic E-state index is 0.0173. The summed E-state index contributed by atoms with van der Waals surface area (Å²) < 4.78 is 16.6. The first-order chi connectivity index (χ1) is 14.7. The van der Waals surface area contributed by atoms with Crippen molar-refractivity contribution >= 4 is 17.2 Å². The van der Waals surface area contributed by atoms with Gasteiger partial charge < -0.3 is 19.2 Å². The number of amides is 1. The van der Waals surface area contributed by atoms with Crippen LogP contribution in [0.5, 0.6) is 11.5 Å². The van der Waals surface area contributed by atoms with Gasteiger partial charge in [0.1, 0.15) is 0 Å². The predicted molar refractivity (Wildman–Crippen MR) is 110 cm³/mol. The molecule has 9 heteroatoms. The molecule has 8 nitrogen and oxygen atoms in total. The van der Waals surface area contributed by atoms with Crippen LogP contribution in [-0.4, -0.2) is 47.4 Å². The number of ether oxygens (including phenoxy) is 2. The highest BCUT2D eigenvalue weighted by Gasteiger charge is 2.26. The SMILES string of the molecule is O=C(CN1CCC(c2nnc(-c3ccsc3)o2)CC1)NCc1ccc2c(c1)OCO2. The maximum atomic E-state index is 12.4. The van der Waals surface area contributed by atoms with Crippen molar-refractivity contribution in [1.29, 1.82) is 0 Å². The molecule has 0 bridgehead atoms. The molecule has 1 aromatic carbocycles. The van der Waals surface area contributed by atoms with E-state index in [1.807, 2.05) is 35.0 Å². The average molecular weight is 426 g/mol. The van der Waals surface area contributed by atoms with Crippen LogP contribution in [0.3, 0.4) is 0 Å². The van der Waals surface area contributed by atoms with Gasteiger partial charge in [-0.05, 0) is 55.1 Å². The maximum absolute atomic E-state index is 12.4. The second-order valence-electron chi connectivity index (χ2n) is 7.47. The molecule has 0 unspecified atom stereocenters. The van der Waals surface area contributed by atoms with Crippen LogP contribution >= 0.6 is 11.3 Å². The van der Waals surface area contributed by atoms with Gasteiger partial charge in [-0.25, -0.2) is 0 Å². The lowest BCUT2D eigenvalue weighted by atomic mass is 9.97. The summed E-state index contributed by atoms with van der Waals surface area (Å²) in [6.07, 6.45) is 1.81. The highest BCUT2D eigenvalue weighted by Crippen LogP contribution is 2.32. The Morgan fingerprint density at radius 1 is 1.17 bits per heavy atom. The quantitative estimate of drug-likeness (QED) is 0.648. The Morgan fingerprint density at radius 3 is 2.87 bits per heavy atom. The van der Waals surface area contributed by atoms with E-state index in [2.05, 4.69) is 20.4 Å². The predicted octanol–water partition coefficient (Wildman–Crippen LogP) is 3.02. The van der Waals surface area contributed by atoms with E-state index in [9.17, 15) is 4.79 Å². The van der Waals surface area contributed by atoms with Gasteiger partial charge in [-0.2, -0.15) is 11.3 Å². The molecular formula is C21H22N4O4S. The molecule has 4 heterocycles. The fourth-order valence-corrected chi connectivity index (χ4v) is 4.38. The average Bonchev–Trinajstić information content (AvgIpc) is 3.53. The third-order valence-electron chi connectivity index (χ3n) is 5.44. The number of rotatable bonds is 6. The van der Waals surface area contributed by atoms with Crippen molar-refractivity contribution in [3.05, 3.63) is 46.5 Å². The zero-order chi connectivity index (χ0) is 20.3. The van der Waals surface area contributed by atoms with E-state index >= 15 is 0 Å². The molecule has 2 aliphatic rings. The molecule has 2 aromatic heterocycles. The number of aromatic nitrogens is 2. The fourth-order valence-electron chi connectivity index (χ4n) is 3.75. The monoisotopic (exact) mass is 426 g/mol.